The first-order valence-electron chi connectivity index (χ1n) is 7.13. The first-order valence-corrected chi connectivity index (χ1v) is 7.13. The molecule has 1 aromatic heterocycles. The van der Waals surface area contributed by atoms with Gasteiger partial charge in [-0.15, -0.1) is 0 Å². The Morgan fingerprint density at radius 1 is 1.25 bits per heavy atom. The van der Waals surface area contributed by atoms with Gasteiger partial charge in [0.2, 0.25) is 17.6 Å². The summed E-state index contributed by atoms with van der Waals surface area (Å²) in [6.45, 7) is 1.58. The number of rotatable bonds is 1. The third-order valence-electron chi connectivity index (χ3n) is 3.91. The van der Waals surface area contributed by atoms with Crippen LogP contribution in [-0.4, -0.2) is 21.4 Å². The molecule has 1 aliphatic rings. The maximum atomic E-state index is 13.4. The molecule has 1 aromatic carbocycles. The number of alkyl halides is 3. The SMILES string of the molecule is Cc1cccc2nc(C(F)(F)F)n(C3CCC(=O)NC3=O)c(=O)c12. The average molecular weight is 339 g/mol. The predicted octanol–water partition coefficient (Wildman–Crippen LogP) is 1.70. The van der Waals surface area contributed by atoms with Gasteiger partial charge in [-0.05, 0) is 25.0 Å². The summed E-state index contributed by atoms with van der Waals surface area (Å²) in [7, 11) is 0. The van der Waals surface area contributed by atoms with Crippen LogP contribution in [0.25, 0.3) is 10.9 Å². The van der Waals surface area contributed by atoms with E-state index in [-0.39, 0.29) is 23.7 Å². The average Bonchev–Trinajstić information content (AvgIpc) is 2.47. The molecule has 6 nitrogen and oxygen atoms in total. The van der Waals surface area contributed by atoms with E-state index in [1.807, 2.05) is 5.32 Å². The van der Waals surface area contributed by atoms with E-state index in [1.165, 1.54) is 12.1 Å². The molecule has 1 unspecified atom stereocenters. The Kier molecular flexibility index (Phi) is 3.66. The Hall–Kier alpha value is -2.71. The molecule has 0 spiro atoms. The van der Waals surface area contributed by atoms with E-state index >= 15 is 0 Å². The molecule has 24 heavy (non-hydrogen) atoms. The normalized spacial score (nSPS) is 18.8. The van der Waals surface area contributed by atoms with Gasteiger partial charge < -0.3 is 0 Å². The molecule has 1 saturated heterocycles. The third kappa shape index (κ3) is 2.55. The van der Waals surface area contributed by atoms with Gasteiger partial charge in [0.05, 0.1) is 10.9 Å². The summed E-state index contributed by atoms with van der Waals surface area (Å²) in [5, 5.41) is 1.99. The molecule has 0 saturated carbocycles. The molecule has 0 radical (unpaired) electrons. The summed E-state index contributed by atoms with van der Waals surface area (Å²) in [4.78, 5) is 39.5. The molecular weight excluding hydrogens is 327 g/mol. The lowest BCUT2D eigenvalue weighted by Crippen LogP contribution is -2.46. The molecule has 126 valence electrons. The van der Waals surface area contributed by atoms with Crippen molar-refractivity contribution in [2.75, 3.05) is 0 Å². The standard InChI is InChI=1S/C15H12F3N3O3/c1-7-3-2-4-8-11(7)13(24)21(14(19-8)15(16,17)18)9-5-6-10(22)20-12(9)23/h2-4,9H,5-6H2,1H3,(H,20,22,23). The van der Waals surface area contributed by atoms with Crippen molar-refractivity contribution < 1.29 is 22.8 Å². The number of nitrogens with one attached hydrogen (secondary N) is 1. The Labute approximate surface area is 133 Å². The van der Waals surface area contributed by atoms with Gasteiger partial charge in [-0.3, -0.25) is 24.3 Å². The second-order valence-electron chi connectivity index (χ2n) is 5.54. The summed E-state index contributed by atoms with van der Waals surface area (Å²) >= 11 is 0. The van der Waals surface area contributed by atoms with Crippen molar-refractivity contribution in [1.82, 2.24) is 14.9 Å². The molecule has 2 amide bonds. The summed E-state index contributed by atoms with van der Waals surface area (Å²) < 4.78 is 40.5. The van der Waals surface area contributed by atoms with Crippen LogP contribution in [0.4, 0.5) is 13.2 Å². The number of halogens is 3. The van der Waals surface area contributed by atoms with Crippen LogP contribution in [-0.2, 0) is 15.8 Å². The number of piperidine rings is 1. The largest absolute Gasteiger partial charge is 0.449 e. The van der Waals surface area contributed by atoms with Gasteiger partial charge in [-0.2, -0.15) is 13.2 Å². The Bertz CT molecular complexity index is 918. The van der Waals surface area contributed by atoms with Gasteiger partial charge in [-0.25, -0.2) is 4.98 Å². The molecule has 2 heterocycles. The number of amides is 2. The molecule has 2 aromatic rings. The third-order valence-corrected chi connectivity index (χ3v) is 3.91. The van der Waals surface area contributed by atoms with Crippen LogP contribution in [0.2, 0.25) is 0 Å². The van der Waals surface area contributed by atoms with Gasteiger partial charge in [-0.1, -0.05) is 12.1 Å². The lowest BCUT2D eigenvalue weighted by atomic mass is 10.0. The monoisotopic (exact) mass is 339 g/mol. The fourth-order valence-corrected chi connectivity index (χ4v) is 2.83. The van der Waals surface area contributed by atoms with Crippen LogP contribution in [0.1, 0.15) is 30.3 Å². The molecule has 0 bridgehead atoms. The first-order chi connectivity index (χ1) is 11.2. The summed E-state index contributed by atoms with van der Waals surface area (Å²) in [6, 6.07) is 2.96. The van der Waals surface area contributed by atoms with Crippen molar-refractivity contribution >= 4 is 22.7 Å². The van der Waals surface area contributed by atoms with Gasteiger partial charge in [0, 0.05) is 6.42 Å². The lowest BCUT2D eigenvalue weighted by Gasteiger charge is -2.26. The lowest BCUT2D eigenvalue weighted by molar-refractivity contribution is -0.150. The second kappa shape index (κ2) is 5.43. The summed E-state index contributed by atoms with van der Waals surface area (Å²) in [5.74, 6) is -2.96. The number of nitrogens with zero attached hydrogens (tertiary/aromatic N) is 2. The topological polar surface area (TPSA) is 81.1 Å². The van der Waals surface area contributed by atoms with Crippen LogP contribution in [0, 0.1) is 6.92 Å². The van der Waals surface area contributed by atoms with Crippen molar-refractivity contribution in [2.24, 2.45) is 0 Å². The van der Waals surface area contributed by atoms with Crippen LogP contribution >= 0.6 is 0 Å². The quantitative estimate of drug-likeness (QED) is 0.802. The second-order valence-corrected chi connectivity index (χ2v) is 5.54. The van der Waals surface area contributed by atoms with Crippen LogP contribution in [0.5, 0.6) is 0 Å². The van der Waals surface area contributed by atoms with Crippen molar-refractivity contribution in [3.63, 3.8) is 0 Å². The van der Waals surface area contributed by atoms with Gasteiger partial charge >= 0.3 is 6.18 Å². The Morgan fingerprint density at radius 2 is 1.96 bits per heavy atom. The molecule has 1 aliphatic heterocycles. The van der Waals surface area contributed by atoms with Crippen LogP contribution < -0.4 is 10.9 Å². The van der Waals surface area contributed by atoms with Gasteiger partial charge in [0.15, 0.2) is 0 Å². The van der Waals surface area contributed by atoms with Crippen molar-refractivity contribution in [3.8, 4) is 0 Å². The van der Waals surface area contributed by atoms with Crippen molar-refractivity contribution in [3.05, 3.63) is 39.9 Å². The fraction of sp³-hybridized carbons (Fsp3) is 0.333. The highest BCUT2D eigenvalue weighted by Gasteiger charge is 2.41. The van der Waals surface area contributed by atoms with Crippen molar-refractivity contribution in [2.45, 2.75) is 32.0 Å². The van der Waals surface area contributed by atoms with Crippen LogP contribution in [0.3, 0.4) is 0 Å². The van der Waals surface area contributed by atoms with E-state index in [1.54, 1.807) is 13.0 Å². The minimum atomic E-state index is -4.92. The molecule has 1 fully saturated rings. The van der Waals surface area contributed by atoms with E-state index < -0.39 is 35.4 Å². The maximum absolute atomic E-state index is 13.4. The van der Waals surface area contributed by atoms with Gasteiger partial charge in [0.25, 0.3) is 5.56 Å². The zero-order valence-corrected chi connectivity index (χ0v) is 12.5. The molecular formula is C15H12F3N3O3. The summed E-state index contributed by atoms with van der Waals surface area (Å²) in [5.41, 5.74) is -0.574. The smallest absolute Gasteiger partial charge is 0.295 e. The minimum absolute atomic E-state index is 0.0233. The number of benzene rings is 1. The zero-order valence-electron chi connectivity index (χ0n) is 12.5. The minimum Gasteiger partial charge on any atom is -0.295 e. The van der Waals surface area contributed by atoms with E-state index in [9.17, 15) is 27.6 Å². The number of carbonyl (C=O) groups is 2. The highest BCUT2D eigenvalue weighted by molar-refractivity contribution is 5.99. The van der Waals surface area contributed by atoms with E-state index in [2.05, 4.69) is 4.98 Å². The number of aromatic nitrogens is 2. The van der Waals surface area contributed by atoms with E-state index in [4.69, 9.17) is 0 Å². The van der Waals surface area contributed by atoms with E-state index in [0.717, 1.165) is 0 Å². The molecule has 9 heteroatoms. The Morgan fingerprint density at radius 3 is 2.58 bits per heavy atom. The van der Waals surface area contributed by atoms with Crippen LogP contribution in [0.15, 0.2) is 23.0 Å². The number of aryl methyl sites for hydroxylation is 1. The molecule has 0 aliphatic carbocycles. The number of fused-ring (bicyclic) bond motifs is 1. The highest BCUT2D eigenvalue weighted by atomic mass is 19.4. The number of carbonyl (C=O) groups excluding carboxylic acids is 2. The maximum Gasteiger partial charge on any atom is 0.449 e. The number of imide groups is 1. The molecule has 1 atom stereocenters. The number of hydrogen-bond donors (Lipinski definition) is 1. The predicted molar refractivity (Wildman–Crippen MR) is 77.2 cm³/mol. The number of hydrogen-bond acceptors (Lipinski definition) is 4. The van der Waals surface area contributed by atoms with E-state index in [0.29, 0.717) is 10.1 Å². The van der Waals surface area contributed by atoms with Gasteiger partial charge in [0.1, 0.15) is 6.04 Å². The molecule has 3 rings (SSSR count). The Balaban J connectivity index is 2.34. The highest BCUT2D eigenvalue weighted by Crippen LogP contribution is 2.31. The molecule has 1 N–H and O–H groups in total. The fourth-order valence-electron chi connectivity index (χ4n) is 2.83. The van der Waals surface area contributed by atoms with Crippen molar-refractivity contribution in [1.29, 1.82) is 0 Å². The first kappa shape index (κ1) is 16.2. The summed E-state index contributed by atoms with van der Waals surface area (Å²) in [6.07, 6.45) is -5.25. The zero-order chi connectivity index (χ0) is 17.6.